The second-order valence-electron chi connectivity index (χ2n) is 6.34. The number of amides is 2. The zero-order valence-corrected chi connectivity index (χ0v) is 13.9. The number of benzene rings is 2. The van der Waals surface area contributed by atoms with Crippen LogP contribution in [0.2, 0.25) is 0 Å². The molecule has 3 rings (SSSR count). The van der Waals surface area contributed by atoms with Gasteiger partial charge in [0.1, 0.15) is 6.04 Å². The lowest BCUT2D eigenvalue weighted by molar-refractivity contribution is -0.139. The van der Waals surface area contributed by atoms with Crippen LogP contribution in [-0.2, 0) is 17.6 Å². The average molecular weight is 338 g/mol. The van der Waals surface area contributed by atoms with Crippen LogP contribution in [0, 0.1) is 0 Å². The number of aliphatic carboxylic acids is 1. The van der Waals surface area contributed by atoms with E-state index >= 15 is 0 Å². The van der Waals surface area contributed by atoms with Crippen LogP contribution >= 0.6 is 0 Å². The van der Waals surface area contributed by atoms with Gasteiger partial charge in [-0.15, -0.1) is 0 Å². The number of carboxylic acids is 1. The van der Waals surface area contributed by atoms with Gasteiger partial charge in [0.25, 0.3) is 0 Å². The van der Waals surface area contributed by atoms with Crippen LogP contribution < -0.4 is 10.6 Å². The SMILES string of the molecule is O=C(N[C@@H](Cc1ccccc1)C(=O)O)N[C@@H]1CCCc2ccccc21. The van der Waals surface area contributed by atoms with E-state index in [1.54, 1.807) is 0 Å². The molecule has 0 heterocycles. The molecule has 0 radical (unpaired) electrons. The molecule has 1 aliphatic rings. The fourth-order valence-electron chi connectivity index (χ4n) is 3.31. The number of carboxylic acid groups (broad SMARTS) is 1. The minimum Gasteiger partial charge on any atom is -0.480 e. The molecule has 2 atom stereocenters. The number of nitrogens with one attached hydrogen (secondary N) is 2. The normalized spacial score (nSPS) is 17.2. The van der Waals surface area contributed by atoms with Crippen molar-refractivity contribution in [2.75, 3.05) is 0 Å². The molecule has 5 heteroatoms. The largest absolute Gasteiger partial charge is 0.480 e. The number of carbonyl (C=O) groups is 2. The fourth-order valence-corrected chi connectivity index (χ4v) is 3.31. The second kappa shape index (κ2) is 7.83. The van der Waals surface area contributed by atoms with E-state index < -0.39 is 18.0 Å². The average Bonchev–Trinajstić information content (AvgIpc) is 2.62. The molecule has 2 amide bonds. The summed E-state index contributed by atoms with van der Waals surface area (Å²) in [5.41, 5.74) is 3.25. The van der Waals surface area contributed by atoms with E-state index in [2.05, 4.69) is 16.7 Å². The summed E-state index contributed by atoms with van der Waals surface area (Å²) in [5.74, 6) is -1.04. The van der Waals surface area contributed by atoms with Gasteiger partial charge >= 0.3 is 12.0 Å². The molecule has 130 valence electrons. The van der Waals surface area contributed by atoms with Crippen molar-refractivity contribution in [3.05, 3.63) is 71.3 Å². The Labute approximate surface area is 147 Å². The molecule has 1 aliphatic carbocycles. The lowest BCUT2D eigenvalue weighted by Crippen LogP contribution is -2.48. The number of fused-ring (bicyclic) bond motifs is 1. The molecule has 25 heavy (non-hydrogen) atoms. The Kier molecular flexibility index (Phi) is 5.33. The smallest absolute Gasteiger partial charge is 0.326 e. The van der Waals surface area contributed by atoms with Gasteiger partial charge in [-0.3, -0.25) is 0 Å². The van der Waals surface area contributed by atoms with Gasteiger partial charge in [-0.05, 0) is 36.0 Å². The number of carbonyl (C=O) groups excluding carboxylic acids is 1. The Hall–Kier alpha value is -2.82. The van der Waals surface area contributed by atoms with Gasteiger partial charge in [0.15, 0.2) is 0 Å². The lowest BCUT2D eigenvalue weighted by atomic mass is 9.88. The standard InChI is InChI=1S/C20H22N2O3/c23-19(24)18(13-14-7-2-1-3-8-14)22-20(25)21-17-12-6-10-15-9-4-5-11-16(15)17/h1-5,7-9,11,17-18H,6,10,12-13H2,(H,23,24)(H2,21,22,25)/t17-,18+/m1/s1. The Morgan fingerprint density at radius 3 is 2.56 bits per heavy atom. The molecule has 0 aromatic heterocycles. The molecule has 2 aromatic carbocycles. The summed E-state index contributed by atoms with van der Waals surface area (Å²) in [6.07, 6.45) is 3.14. The summed E-state index contributed by atoms with van der Waals surface area (Å²) < 4.78 is 0. The van der Waals surface area contributed by atoms with Gasteiger partial charge < -0.3 is 15.7 Å². The first-order valence-electron chi connectivity index (χ1n) is 8.55. The minimum atomic E-state index is -1.04. The molecule has 0 saturated heterocycles. The molecule has 0 bridgehead atoms. The maximum atomic E-state index is 12.3. The number of rotatable bonds is 5. The summed E-state index contributed by atoms with van der Waals surface area (Å²) in [5, 5.41) is 14.9. The third-order valence-electron chi connectivity index (χ3n) is 4.56. The summed E-state index contributed by atoms with van der Waals surface area (Å²) in [4.78, 5) is 23.8. The Morgan fingerprint density at radius 2 is 1.80 bits per heavy atom. The molecular formula is C20H22N2O3. The van der Waals surface area contributed by atoms with Crippen LogP contribution in [0.4, 0.5) is 4.79 Å². The van der Waals surface area contributed by atoms with Crippen LogP contribution in [0.25, 0.3) is 0 Å². The van der Waals surface area contributed by atoms with Crippen LogP contribution in [-0.4, -0.2) is 23.1 Å². The van der Waals surface area contributed by atoms with Crippen LogP contribution in [0.3, 0.4) is 0 Å². The quantitative estimate of drug-likeness (QED) is 0.784. The van der Waals surface area contributed by atoms with Crippen LogP contribution in [0.1, 0.15) is 35.6 Å². The monoisotopic (exact) mass is 338 g/mol. The highest BCUT2D eigenvalue weighted by Crippen LogP contribution is 2.29. The van der Waals surface area contributed by atoms with Gasteiger partial charge in [-0.1, -0.05) is 54.6 Å². The van der Waals surface area contributed by atoms with Crippen molar-refractivity contribution in [1.29, 1.82) is 0 Å². The van der Waals surface area contributed by atoms with Crippen molar-refractivity contribution >= 4 is 12.0 Å². The van der Waals surface area contributed by atoms with E-state index in [0.717, 1.165) is 30.4 Å². The van der Waals surface area contributed by atoms with E-state index in [4.69, 9.17) is 0 Å². The van der Waals surface area contributed by atoms with Crippen molar-refractivity contribution in [1.82, 2.24) is 10.6 Å². The second-order valence-corrected chi connectivity index (χ2v) is 6.34. The molecular weight excluding hydrogens is 316 g/mol. The highest BCUT2D eigenvalue weighted by Gasteiger charge is 2.24. The molecule has 3 N–H and O–H groups in total. The summed E-state index contributed by atoms with van der Waals surface area (Å²) >= 11 is 0. The number of hydrogen-bond donors (Lipinski definition) is 3. The minimum absolute atomic E-state index is 0.0730. The highest BCUT2D eigenvalue weighted by molar-refractivity contribution is 5.83. The zero-order chi connectivity index (χ0) is 17.6. The van der Waals surface area contributed by atoms with Crippen molar-refractivity contribution in [3.63, 3.8) is 0 Å². The number of hydrogen-bond acceptors (Lipinski definition) is 2. The Balaban J connectivity index is 1.64. The summed E-state index contributed by atoms with van der Waals surface area (Å²) in [6.45, 7) is 0. The van der Waals surface area contributed by atoms with Crippen molar-refractivity contribution < 1.29 is 14.7 Å². The molecule has 0 spiro atoms. The molecule has 0 aliphatic heterocycles. The third-order valence-corrected chi connectivity index (χ3v) is 4.56. The Bertz CT molecular complexity index is 746. The highest BCUT2D eigenvalue weighted by atomic mass is 16.4. The summed E-state index contributed by atoms with van der Waals surface area (Å²) in [6, 6.07) is 15.9. The molecule has 2 aromatic rings. The van der Waals surface area contributed by atoms with Gasteiger partial charge in [0.2, 0.25) is 0 Å². The molecule has 0 saturated carbocycles. The predicted molar refractivity (Wildman–Crippen MR) is 95.4 cm³/mol. The van der Waals surface area contributed by atoms with Crippen LogP contribution in [0.15, 0.2) is 54.6 Å². The van der Waals surface area contributed by atoms with E-state index in [9.17, 15) is 14.7 Å². The van der Waals surface area contributed by atoms with Crippen molar-refractivity contribution in [2.24, 2.45) is 0 Å². The van der Waals surface area contributed by atoms with Gasteiger partial charge in [-0.2, -0.15) is 0 Å². The topological polar surface area (TPSA) is 78.4 Å². The third kappa shape index (κ3) is 4.38. The number of urea groups is 1. The molecule has 5 nitrogen and oxygen atoms in total. The maximum absolute atomic E-state index is 12.3. The van der Waals surface area contributed by atoms with E-state index in [1.165, 1.54) is 5.56 Å². The van der Waals surface area contributed by atoms with Gasteiger partial charge in [0, 0.05) is 6.42 Å². The predicted octanol–water partition coefficient (Wildman–Crippen LogP) is 3.06. The van der Waals surface area contributed by atoms with Crippen molar-refractivity contribution in [3.8, 4) is 0 Å². The van der Waals surface area contributed by atoms with Crippen LogP contribution in [0.5, 0.6) is 0 Å². The fraction of sp³-hybridized carbons (Fsp3) is 0.300. The zero-order valence-electron chi connectivity index (χ0n) is 13.9. The Morgan fingerprint density at radius 1 is 1.08 bits per heavy atom. The first-order chi connectivity index (χ1) is 12.1. The summed E-state index contributed by atoms with van der Waals surface area (Å²) in [7, 11) is 0. The van der Waals surface area contributed by atoms with E-state index in [0.29, 0.717) is 0 Å². The van der Waals surface area contributed by atoms with Gasteiger partial charge in [-0.25, -0.2) is 9.59 Å². The number of aryl methyl sites for hydroxylation is 1. The lowest BCUT2D eigenvalue weighted by Gasteiger charge is -2.27. The van der Waals surface area contributed by atoms with Crippen molar-refractivity contribution in [2.45, 2.75) is 37.8 Å². The first-order valence-corrected chi connectivity index (χ1v) is 8.55. The van der Waals surface area contributed by atoms with E-state index in [1.807, 2.05) is 48.5 Å². The molecule has 0 fully saturated rings. The maximum Gasteiger partial charge on any atom is 0.326 e. The van der Waals surface area contributed by atoms with Gasteiger partial charge in [0.05, 0.1) is 6.04 Å². The van der Waals surface area contributed by atoms with E-state index in [-0.39, 0.29) is 12.5 Å². The first kappa shape index (κ1) is 17.0. The molecule has 0 unspecified atom stereocenters.